The van der Waals surface area contributed by atoms with Crippen molar-refractivity contribution in [3.63, 3.8) is 0 Å². The molecule has 2 aromatic rings. The first-order valence-corrected chi connectivity index (χ1v) is 8.03. The van der Waals surface area contributed by atoms with Gasteiger partial charge >= 0.3 is 5.97 Å². The molecule has 122 valence electrons. The van der Waals surface area contributed by atoms with Gasteiger partial charge < -0.3 is 14.0 Å². The molecule has 1 aliphatic rings. The minimum Gasteiger partial charge on any atom is -0.497 e. The highest BCUT2D eigenvalue weighted by molar-refractivity contribution is 5.72. The van der Waals surface area contributed by atoms with Gasteiger partial charge in [0.15, 0.2) is 5.76 Å². The fourth-order valence-corrected chi connectivity index (χ4v) is 2.89. The lowest BCUT2D eigenvalue weighted by molar-refractivity contribution is -0.151. The molecule has 1 saturated carbocycles. The van der Waals surface area contributed by atoms with Crippen LogP contribution >= 0.6 is 0 Å². The van der Waals surface area contributed by atoms with Crippen molar-refractivity contribution in [3.8, 4) is 17.1 Å². The van der Waals surface area contributed by atoms with Crippen molar-refractivity contribution in [2.24, 2.45) is 5.92 Å². The van der Waals surface area contributed by atoms with E-state index in [1.54, 1.807) is 13.2 Å². The average Bonchev–Trinajstić information content (AvgIpc) is 3.09. The van der Waals surface area contributed by atoms with Crippen LogP contribution in [0.2, 0.25) is 0 Å². The molecule has 5 nitrogen and oxygen atoms in total. The third-order valence-corrected chi connectivity index (χ3v) is 4.21. The van der Waals surface area contributed by atoms with Crippen LogP contribution in [-0.2, 0) is 16.1 Å². The molecule has 5 heteroatoms. The zero-order chi connectivity index (χ0) is 16.1. The van der Waals surface area contributed by atoms with Crippen molar-refractivity contribution in [2.75, 3.05) is 7.11 Å². The van der Waals surface area contributed by atoms with E-state index in [-0.39, 0.29) is 18.5 Å². The first kappa shape index (κ1) is 15.6. The molecule has 0 N–H and O–H groups in total. The minimum atomic E-state index is -0.115. The van der Waals surface area contributed by atoms with Gasteiger partial charge in [-0.15, -0.1) is 0 Å². The van der Waals surface area contributed by atoms with E-state index in [1.807, 2.05) is 24.3 Å². The van der Waals surface area contributed by atoms with Crippen LogP contribution in [-0.4, -0.2) is 18.2 Å². The second kappa shape index (κ2) is 7.31. The fraction of sp³-hybridized carbons (Fsp3) is 0.444. The molecule has 1 heterocycles. The number of benzene rings is 1. The maximum Gasteiger partial charge on any atom is 0.309 e. The van der Waals surface area contributed by atoms with Crippen LogP contribution < -0.4 is 4.74 Å². The Morgan fingerprint density at radius 3 is 2.87 bits per heavy atom. The molecule has 0 radical (unpaired) electrons. The molecular formula is C18H21NO4. The molecule has 3 rings (SSSR count). The summed E-state index contributed by atoms with van der Waals surface area (Å²) in [4.78, 5) is 12.0. The van der Waals surface area contributed by atoms with Crippen LogP contribution in [0.4, 0.5) is 0 Å². The predicted octanol–water partition coefficient (Wildman–Crippen LogP) is 3.97. The Hall–Kier alpha value is -2.30. The maximum atomic E-state index is 12.0. The quantitative estimate of drug-likeness (QED) is 0.781. The molecule has 23 heavy (non-hydrogen) atoms. The number of nitrogens with zero attached hydrogens (tertiary/aromatic N) is 1. The molecule has 0 aliphatic heterocycles. The molecule has 0 amide bonds. The number of carbonyl (C=O) groups excluding carboxylic acids is 1. The summed E-state index contributed by atoms with van der Waals surface area (Å²) in [7, 11) is 1.62. The summed E-state index contributed by atoms with van der Waals surface area (Å²) in [6.07, 6.45) is 5.32. The Morgan fingerprint density at radius 2 is 2.09 bits per heavy atom. The molecular weight excluding hydrogens is 294 g/mol. The lowest BCUT2D eigenvalue weighted by atomic mass is 9.89. The molecule has 0 saturated heterocycles. The van der Waals surface area contributed by atoms with Gasteiger partial charge in [0, 0.05) is 11.6 Å². The number of hydrogen-bond acceptors (Lipinski definition) is 5. The van der Waals surface area contributed by atoms with Crippen LogP contribution in [0.5, 0.6) is 5.75 Å². The largest absolute Gasteiger partial charge is 0.497 e. The van der Waals surface area contributed by atoms with Crippen molar-refractivity contribution in [3.05, 3.63) is 36.0 Å². The van der Waals surface area contributed by atoms with E-state index in [1.165, 1.54) is 6.42 Å². The monoisotopic (exact) mass is 315 g/mol. The maximum absolute atomic E-state index is 12.0. The van der Waals surface area contributed by atoms with Crippen LogP contribution in [0.25, 0.3) is 11.3 Å². The van der Waals surface area contributed by atoms with Gasteiger partial charge in [-0.2, -0.15) is 0 Å². The molecule has 0 unspecified atom stereocenters. The molecule has 1 fully saturated rings. The van der Waals surface area contributed by atoms with Crippen molar-refractivity contribution in [1.29, 1.82) is 0 Å². The van der Waals surface area contributed by atoms with Crippen molar-refractivity contribution in [2.45, 2.75) is 38.7 Å². The lowest BCUT2D eigenvalue weighted by Crippen LogP contribution is -2.20. The topological polar surface area (TPSA) is 61.6 Å². The third-order valence-electron chi connectivity index (χ3n) is 4.21. The number of ether oxygens (including phenoxy) is 2. The molecule has 1 aromatic heterocycles. The van der Waals surface area contributed by atoms with Crippen LogP contribution in [0.15, 0.2) is 34.9 Å². The van der Waals surface area contributed by atoms with Gasteiger partial charge in [0.25, 0.3) is 0 Å². The van der Waals surface area contributed by atoms with Gasteiger partial charge in [0.1, 0.15) is 18.1 Å². The molecule has 0 atom stereocenters. The second-order valence-corrected chi connectivity index (χ2v) is 5.86. The summed E-state index contributed by atoms with van der Waals surface area (Å²) in [5.41, 5.74) is 1.49. The highest BCUT2D eigenvalue weighted by Gasteiger charge is 2.22. The Balaban J connectivity index is 1.59. The number of aromatic nitrogens is 1. The smallest absolute Gasteiger partial charge is 0.309 e. The third kappa shape index (κ3) is 3.92. The first-order chi connectivity index (χ1) is 11.3. The molecule has 0 spiro atoms. The van der Waals surface area contributed by atoms with E-state index in [0.717, 1.165) is 37.0 Å². The van der Waals surface area contributed by atoms with Crippen molar-refractivity contribution in [1.82, 2.24) is 5.16 Å². The summed E-state index contributed by atoms with van der Waals surface area (Å²) < 4.78 is 15.9. The van der Waals surface area contributed by atoms with E-state index in [0.29, 0.717) is 11.5 Å². The summed E-state index contributed by atoms with van der Waals surface area (Å²) in [6, 6.07) is 9.34. The number of rotatable bonds is 5. The standard InChI is InChI=1S/C18H21NO4/c1-21-16-9-5-8-14(10-16)17-11-15(19-23-17)12-22-18(20)13-6-3-2-4-7-13/h5,8-11,13H,2-4,6-7,12H2,1H3. The summed E-state index contributed by atoms with van der Waals surface area (Å²) in [5, 5.41) is 3.97. The van der Waals surface area contributed by atoms with Gasteiger partial charge in [0.2, 0.25) is 0 Å². The van der Waals surface area contributed by atoms with E-state index in [9.17, 15) is 4.79 Å². The number of carbonyl (C=O) groups is 1. The average molecular weight is 315 g/mol. The second-order valence-electron chi connectivity index (χ2n) is 5.86. The number of esters is 1. The molecule has 1 aromatic carbocycles. The van der Waals surface area contributed by atoms with E-state index in [2.05, 4.69) is 5.16 Å². The first-order valence-electron chi connectivity index (χ1n) is 8.03. The van der Waals surface area contributed by atoms with Gasteiger partial charge in [-0.05, 0) is 25.0 Å². The van der Waals surface area contributed by atoms with Crippen molar-refractivity contribution < 1.29 is 18.8 Å². The highest BCUT2D eigenvalue weighted by Crippen LogP contribution is 2.26. The highest BCUT2D eigenvalue weighted by atomic mass is 16.5. The summed E-state index contributed by atoms with van der Waals surface area (Å²) in [5.74, 6) is 1.32. The van der Waals surface area contributed by atoms with Gasteiger partial charge in [-0.1, -0.05) is 36.6 Å². The minimum absolute atomic E-state index is 0.0495. The van der Waals surface area contributed by atoms with Gasteiger partial charge in [-0.25, -0.2) is 0 Å². The normalized spacial score (nSPS) is 15.3. The Bertz CT molecular complexity index is 659. The predicted molar refractivity (Wildman–Crippen MR) is 84.9 cm³/mol. The Kier molecular flexibility index (Phi) is 4.95. The number of methoxy groups -OCH3 is 1. The van der Waals surface area contributed by atoms with E-state index >= 15 is 0 Å². The fourth-order valence-electron chi connectivity index (χ4n) is 2.89. The summed E-state index contributed by atoms with van der Waals surface area (Å²) >= 11 is 0. The van der Waals surface area contributed by atoms with Crippen molar-refractivity contribution >= 4 is 5.97 Å². The number of hydrogen-bond donors (Lipinski definition) is 0. The van der Waals surface area contributed by atoms with E-state index in [4.69, 9.17) is 14.0 Å². The van der Waals surface area contributed by atoms with Crippen LogP contribution in [0.3, 0.4) is 0 Å². The zero-order valence-corrected chi connectivity index (χ0v) is 13.3. The summed E-state index contributed by atoms with van der Waals surface area (Å²) in [6.45, 7) is 0.156. The lowest BCUT2D eigenvalue weighted by Gasteiger charge is -2.19. The Morgan fingerprint density at radius 1 is 1.26 bits per heavy atom. The van der Waals surface area contributed by atoms with Crippen LogP contribution in [0.1, 0.15) is 37.8 Å². The Labute approximate surface area is 135 Å². The van der Waals surface area contributed by atoms with E-state index < -0.39 is 0 Å². The molecule has 0 bridgehead atoms. The molecule has 1 aliphatic carbocycles. The van der Waals surface area contributed by atoms with Gasteiger partial charge in [0.05, 0.1) is 13.0 Å². The SMILES string of the molecule is COc1cccc(-c2cc(COC(=O)C3CCCCC3)no2)c1. The van der Waals surface area contributed by atoms with Crippen LogP contribution in [0, 0.1) is 5.92 Å². The zero-order valence-electron chi connectivity index (χ0n) is 13.3. The van der Waals surface area contributed by atoms with Gasteiger partial charge in [-0.3, -0.25) is 4.79 Å².